The minimum absolute atomic E-state index is 0.0430. The number of rotatable bonds is 12. The molecule has 0 bridgehead atoms. The third kappa shape index (κ3) is 9.04. The van der Waals surface area contributed by atoms with Crippen LogP contribution in [0.25, 0.3) is 6.08 Å². The van der Waals surface area contributed by atoms with Gasteiger partial charge in [0.15, 0.2) is 5.96 Å². The summed E-state index contributed by atoms with van der Waals surface area (Å²) in [4.78, 5) is 32.6. The lowest BCUT2D eigenvalue weighted by Gasteiger charge is -2.29. The summed E-state index contributed by atoms with van der Waals surface area (Å²) in [5, 5.41) is 6.56. The Labute approximate surface area is 248 Å². The SMILES string of the molecule is Cc1ccccc1/C=C/C(=O)NCC1CCN(CC(c2ccccc2)c2ccccc2)C(=O)C(CCCN=C(N)N)N1. The van der Waals surface area contributed by atoms with Gasteiger partial charge in [0.2, 0.25) is 11.8 Å². The zero-order valence-electron chi connectivity index (χ0n) is 24.3. The lowest BCUT2D eigenvalue weighted by Crippen LogP contribution is -2.49. The number of aryl methyl sites for hydroxylation is 1. The van der Waals surface area contributed by atoms with Crippen LogP contribution in [0.5, 0.6) is 0 Å². The highest BCUT2D eigenvalue weighted by atomic mass is 16.2. The maximum absolute atomic E-state index is 13.9. The van der Waals surface area contributed by atoms with E-state index in [-0.39, 0.29) is 29.7 Å². The van der Waals surface area contributed by atoms with Gasteiger partial charge in [0.1, 0.15) is 0 Å². The van der Waals surface area contributed by atoms with Crippen LogP contribution >= 0.6 is 0 Å². The van der Waals surface area contributed by atoms with E-state index in [0.29, 0.717) is 45.4 Å². The molecule has 1 aliphatic rings. The van der Waals surface area contributed by atoms with Gasteiger partial charge in [-0.1, -0.05) is 84.9 Å². The van der Waals surface area contributed by atoms with Gasteiger partial charge in [-0.25, -0.2) is 0 Å². The summed E-state index contributed by atoms with van der Waals surface area (Å²) in [6.45, 7) is 4.05. The number of hydrogen-bond acceptors (Lipinski definition) is 4. The van der Waals surface area contributed by atoms with E-state index in [1.165, 1.54) is 11.1 Å². The third-order valence-electron chi connectivity index (χ3n) is 7.67. The predicted octanol–water partition coefficient (Wildman–Crippen LogP) is 3.57. The lowest BCUT2D eigenvalue weighted by molar-refractivity contribution is -0.133. The molecule has 1 heterocycles. The molecule has 220 valence electrons. The molecular weight excluding hydrogens is 524 g/mol. The number of nitrogens with zero attached hydrogens (tertiary/aromatic N) is 2. The number of nitrogens with one attached hydrogen (secondary N) is 2. The van der Waals surface area contributed by atoms with Gasteiger partial charge in [0.05, 0.1) is 6.04 Å². The molecule has 1 fully saturated rings. The van der Waals surface area contributed by atoms with Crippen LogP contribution < -0.4 is 22.1 Å². The molecule has 6 N–H and O–H groups in total. The van der Waals surface area contributed by atoms with E-state index < -0.39 is 6.04 Å². The van der Waals surface area contributed by atoms with Gasteiger partial charge < -0.3 is 27.0 Å². The Kier molecular flexibility index (Phi) is 11.3. The second-order valence-corrected chi connectivity index (χ2v) is 10.7. The normalized spacial score (nSPS) is 17.3. The average molecular weight is 567 g/mol. The first-order chi connectivity index (χ1) is 20.4. The molecule has 2 amide bonds. The summed E-state index contributed by atoms with van der Waals surface area (Å²) >= 11 is 0. The number of nitrogens with two attached hydrogens (primary N) is 2. The van der Waals surface area contributed by atoms with Crippen molar-refractivity contribution in [1.82, 2.24) is 15.5 Å². The van der Waals surface area contributed by atoms with Crippen LogP contribution in [0.2, 0.25) is 0 Å². The van der Waals surface area contributed by atoms with Gasteiger partial charge in [0, 0.05) is 44.2 Å². The maximum Gasteiger partial charge on any atom is 0.244 e. The first-order valence-corrected chi connectivity index (χ1v) is 14.6. The second-order valence-electron chi connectivity index (χ2n) is 10.7. The Bertz CT molecular complexity index is 1320. The van der Waals surface area contributed by atoms with Crippen molar-refractivity contribution >= 4 is 23.8 Å². The summed E-state index contributed by atoms with van der Waals surface area (Å²) < 4.78 is 0. The van der Waals surface area contributed by atoms with Crippen LogP contribution in [-0.4, -0.2) is 60.9 Å². The van der Waals surface area contributed by atoms with Crippen molar-refractivity contribution in [2.75, 3.05) is 26.2 Å². The van der Waals surface area contributed by atoms with Crippen molar-refractivity contribution in [3.05, 3.63) is 113 Å². The minimum atomic E-state index is -0.404. The van der Waals surface area contributed by atoms with Crippen molar-refractivity contribution in [2.45, 2.75) is 44.2 Å². The fourth-order valence-electron chi connectivity index (χ4n) is 5.35. The fourth-order valence-corrected chi connectivity index (χ4v) is 5.35. The van der Waals surface area contributed by atoms with Gasteiger partial charge in [-0.15, -0.1) is 0 Å². The van der Waals surface area contributed by atoms with E-state index in [1.54, 1.807) is 6.08 Å². The maximum atomic E-state index is 13.9. The summed E-state index contributed by atoms with van der Waals surface area (Å²) in [7, 11) is 0. The third-order valence-corrected chi connectivity index (χ3v) is 7.67. The van der Waals surface area contributed by atoms with Crippen LogP contribution in [0.4, 0.5) is 0 Å². The molecule has 2 atom stereocenters. The average Bonchev–Trinajstić information content (AvgIpc) is 3.15. The minimum Gasteiger partial charge on any atom is -0.370 e. The first-order valence-electron chi connectivity index (χ1n) is 14.6. The van der Waals surface area contributed by atoms with Gasteiger partial charge in [-0.05, 0) is 54.5 Å². The molecule has 8 heteroatoms. The van der Waals surface area contributed by atoms with E-state index in [9.17, 15) is 9.59 Å². The molecule has 0 spiro atoms. The molecule has 2 unspecified atom stereocenters. The van der Waals surface area contributed by atoms with Crippen LogP contribution in [0, 0.1) is 6.92 Å². The van der Waals surface area contributed by atoms with Crippen molar-refractivity contribution in [3.63, 3.8) is 0 Å². The lowest BCUT2D eigenvalue weighted by atomic mass is 9.90. The van der Waals surface area contributed by atoms with Crippen molar-refractivity contribution in [2.24, 2.45) is 16.5 Å². The van der Waals surface area contributed by atoms with E-state index in [1.807, 2.05) is 78.6 Å². The molecule has 0 radical (unpaired) electrons. The van der Waals surface area contributed by atoms with Crippen molar-refractivity contribution in [3.8, 4) is 0 Å². The Morgan fingerprint density at radius 3 is 2.31 bits per heavy atom. The van der Waals surface area contributed by atoms with Crippen LogP contribution in [0.15, 0.2) is 96.0 Å². The molecule has 3 aromatic rings. The predicted molar refractivity (Wildman–Crippen MR) is 170 cm³/mol. The van der Waals surface area contributed by atoms with Gasteiger partial charge >= 0.3 is 0 Å². The van der Waals surface area contributed by atoms with Crippen LogP contribution in [0.1, 0.15) is 47.4 Å². The Hall–Kier alpha value is -4.43. The first kappa shape index (κ1) is 30.5. The van der Waals surface area contributed by atoms with Gasteiger partial charge in [-0.3, -0.25) is 14.6 Å². The second kappa shape index (κ2) is 15.5. The van der Waals surface area contributed by atoms with E-state index >= 15 is 0 Å². The monoisotopic (exact) mass is 566 g/mol. The number of hydrogen-bond donors (Lipinski definition) is 4. The molecule has 8 nitrogen and oxygen atoms in total. The Morgan fingerprint density at radius 2 is 1.67 bits per heavy atom. The zero-order chi connectivity index (χ0) is 29.7. The molecule has 1 aliphatic heterocycles. The molecule has 4 rings (SSSR count). The van der Waals surface area contributed by atoms with Gasteiger partial charge in [-0.2, -0.15) is 0 Å². The van der Waals surface area contributed by atoms with E-state index in [2.05, 4.69) is 39.9 Å². The quantitative estimate of drug-likeness (QED) is 0.115. The highest BCUT2D eigenvalue weighted by molar-refractivity contribution is 5.92. The van der Waals surface area contributed by atoms with Crippen LogP contribution in [0.3, 0.4) is 0 Å². The summed E-state index contributed by atoms with van der Waals surface area (Å²) in [5.74, 6) is -0.0130. The Morgan fingerprint density at radius 1 is 1.02 bits per heavy atom. The number of aliphatic imine (C=N–C) groups is 1. The smallest absolute Gasteiger partial charge is 0.244 e. The molecule has 1 saturated heterocycles. The van der Waals surface area contributed by atoms with Crippen LogP contribution in [-0.2, 0) is 9.59 Å². The highest BCUT2D eigenvalue weighted by Gasteiger charge is 2.32. The van der Waals surface area contributed by atoms with Crippen molar-refractivity contribution in [1.29, 1.82) is 0 Å². The topological polar surface area (TPSA) is 126 Å². The highest BCUT2D eigenvalue weighted by Crippen LogP contribution is 2.27. The number of amides is 2. The van der Waals surface area contributed by atoms with E-state index in [4.69, 9.17) is 11.5 Å². The molecule has 3 aromatic carbocycles. The summed E-state index contributed by atoms with van der Waals surface area (Å²) in [5.41, 5.74) is 15.5. The standard InChI is InChI=1S/C34H42N6O2/c1-25-11-8-9-12-26(25)18-19-32(41)38-23-29-20-22-40(33(42)31(39-29)17-10-21-37-34(35)36)24-30(27-13-4-2-5-14-27)28-15-6-3-7-16-28/h2-9,11-16,18-19,29-31,39H,10,17,20-24H2,1H3,(H,38,41)(H4,35,36,37)/b19-18+. The number of carbonyl (C=O) groups is 2. The fraction of sp³-hybridized carbons (Fsp3) is 0.324. The number of carbonyl (C=O) groups excluding carboxylic acids is 2. The largest absolute Gasteiger partial charge is 0.370 e. The molecule has 0 saturated carbocycles. The summed E-state index contributed by atoms with van der Waals surface area (Å²) in [6.07, 6.45) is 5.36. The molecule has 0 aliphatic carbocycles. The number of benzene rings is 3. The zero-order valence-corrected chi connectivity index (χ0v) is 24.3. The van der Waals surface area contributed by atoms with Crippen molar-refractivity contribution < 1.29 is 9.59 Å². The Balaban J connectivity index is 1.47. The van der Waals surface area contributed by atoms with E-state index in [0.717, 1.165) is 11.1 Å². The molecule has 42 heavy (non-hydrogen) atoms. The molecule has 0 aromatic heterocycles. The van der Waals surface area contributed by atoms with Gasteiger partial charge in [0.25, 0.3) is 0 Å². The molecular formula is C34H42N6O2. The summed E-state index contributed by atoms with van der Waals surface area (Å²) in [6, 6.07) is 28.1. The number of guanidine groups is 1.